The molecule has 0 aromatic heterocycles. The Balaban J connectivity index is 3.15. The van der Waals surface area contributed by atoms with E-state index < -0.39 is 0 Å². The summed E-state index contributed by atoms with van der Waals surface area (Å²) in [4.78, 5) is -0.670. The molecule has 0 N–H and O–H groups in total. The maximum atomic E-state index is 6.24. The number of rotatable bonds is 2. The van der Waals surface area contributed by atoms with Crippen molar-refractivity contribution in [3.63, 3.8) is 0 Å². The Hall–Kier alpha value is -0.200. The summed E-state index contributed by atoms with van der Waals surface area (Å²) in [7, 11) is 0. The van der Waals surface area contributed by atoms with E-state index in [9.17, 15) is 0 Å². The molecule has 0 heterocycles. The summed E-state index contributed by atoms with van der Waals surface area (Å²) in [5.74, 6) is 0. The smallest absolute Gasteiger partial charge is 0.0638 e. The molecule has 0 atom stereocenters. The quantitative estimate of drug-likeness (QED) is 0.650. The third kappa shape index (κ3) is 2.90. The molecule has 0 aliphatic carbocycles. The molecule has 0 bridgehead atoms. The van der Waals surface area contributed by atoms with Gasteiger partial charge in [-0.05, 0) is 38.8 Å². The first kappa shape index (κ1) is 11.9. The van der Waals surface area contributed by atoms with Crippen LogP contribution in [0.15, 0.2) is 24.3 Å². The van der Waals surface area contributed by atoms with Gasteiger partial charge in [0.1, 0.15) is 0 Å². The highest BCUT2D eigenvalue weighted by Gasteiger charge is 2.21. The minimum atomic E-state index is -0.335. The molecular formula is C12H16Cl2. The molecule has 78 valence electrons. The highest BCUT2D eigenvalue weighted by molar-refractivity contribution is 6.24. The third-order valence-electron chi connectivity index (χ3n) is 2.24. The Morgan fingerprint density at radius 1 is 0.857 bits per heavy atom. The third-order valence-corrected chi connectivity index (χ3v) is 2.67. The van der Waals surface area contributed by atoms with Crippen LogP contribution in [-0.4, -0.2) is 0 Å². The molecule has 0 saturated heterocycles. The van der Waals surface area contributed by atoms with E-state index >= 15 is 0 Å². The van der Waals surface area contributed by atoms with E-state index in [1.54, 1.807) is 0 Å². The highest BCUT2D eigenvalue weighted by atomic mass is 35.5. The van der Waals surface area contributed by atoms with Gasteiger partial charge in [0, 0.05) is 0 Å². The first-order valence-electron chi connectivity index (χ1n) is 4.70. The van der Waals surface area contributed by atoms with Gasteiger partial charge in [0.05, 0.1) is 9.75 Å². The standard InChI is InChI=1S/C12H16Cl2/c1-11(2,13)9-6-5-7-10(8-9)12(3,4)14/h5-8H,1-4H3. The molecular weight excluding hydrogens is 215 g/mol. The fourth-order valence-electron chi connectivity index (χ4n) is 1.26. The minimum absolute atomic E-state index is 0.335. The number of halogens is 2. The average Bonchev–Trinajstić information content (AvgIpc) is 2.01. The van der Waals surface area contributed by atoms with Crippen molar-refractivity contribution in [3.05, 3.63) is 35.4 Å². The molecule has 0 spiro atoms. The second-order valence-corrected chi connectivity index (χ2v) is 6.42. The molecule has 0 saturated carbocycles. The Kier molecular flexibility index (Phi) is 3.18. The summed E-state index contributed by atoms with van der Waals surface area (Å²) in [6, 6.07) is 8.12. The summed E-state index contributed by atoms with van der Waals surface area (Å²) < 4.78 is 0. The van der Waals surface area contributed by atoms with Crippen LogP contribution in [0.1, 0.15) is 38.8 Å². The molecule has 0 fully saturated rings. The Morgan fingerprint density at radius 2 is 1.21 bits per heavy atom. The van der Waals surface area contributed by atoms with E-state index in [4.69, 9.17) is 23.2 Å². The zero-order valence-electron chi connectivity index (χ0n) is 9.07. The van der Waals surface area contributed by atoms with Crippen LogP contribution in [0.25, 0.3) is 0 Å². The fourth-order valence-corrected chi connectivity index (χ4v) is 1.49. The lowest BCUT2D eigenvalue weighted by atomic mass is 9.95. The van der Waals surface area contributed by atoms with Gasteiger partial charge in [0.2, 0.25) is 0 Å². The van der Waals surface area contributed by atoms with E-state index in [0.717, 1.165) is 11.1 Å². The van der Waals surface area contributed by atoms with Crippen molar-refractivity contribution in [2.75, 3.05) is 0 Å². The van der Waals surface area contributed by atoms with Gasteiger partial charge in [0.25, 0.3) is 0 Å². The van der Waals surface area contributed by atoms with Gasteiger partial charge in [-0.1, -0.05) is 24.3 Å². The molecule has 0 nitrogen and oxygen atoms in total. The molecule has 1 rings (SSSR count). The summed E-state index contributed by atoms with van der Waals surface area (Å²) >= 11 is 12.5. The van der Waals surface area contributed by atoms with Crippen molar-refractivity contribution in [3.8, 4) is 0 Å². The maximum absolute atomic E-state index is 6.24. The van der Waals surface area contributed by atoms with Crippen molar-refractivity contribution >= 4 is 23.2 Å². The van der Waals surface area contributed by atoms with Gasteiger partial charge in [-0.3, -0.25) is 0 Å². The predicted molar refractivity (Wildman–Crippen MR) is 64.2 cm³/mol. The molecule has 0 radical (unpaired) electrons. The summed E-state index contributed by atoms with van der Waals surface area (Å²) in [6.07, 6.45) is 0. The molecule has 0 aliphatic heterocycles. The first-order valence-corrected chi connectivity index (χ1v) is 5.46. The van der Waals surface area contributed by atoms with Gasteiger partial charge in [-0.15, -0.1) is 23.2 Å². The number of hydrogen-bond donors (Lipinski definition) is 0. The highest BCUT2D eigenvalue weighted by Crippen LogP contribution is 2.33. The molecule has 1 aromatic rings. The average molecular weight is 231 g/mol. The lowest BCUT2D eigenvalue weighted by molar-refractivity contribution is 0.737. The van der Waals surface area contributed by atoms with Crippen molar-refractivity contribution in [1.29, 1.82) is 0 Å². The van der Waals surface area contributed by atoms with Crippen molar-refractivity contribution in [2.24, 2.45) is 0 Å². The molecule has 0 unspecified atom stereocenters. The minimum Gasteiger partial charge on any atom is -0.115 e. The van der Waals surface area contributed by atoms with Crippen molar-refractivity contribution in [1.82, 2.24) is 0 Å². The molecule has 2 heteroatoms. The lowest BCUT2D eigenvalue weighted by Crippen LogP contribution is -2.12. The normalized spacial score (nSPS) is 13.0. The van der Waals surface area contributed by atoms with Crippen LogP contribution in [0, 0.1) is 0 Å². The van der Waals surface area contributed by atoms with Crippen LogP contribution in [0.2, 0.25) is 0 Å². The van der Waals surface area contributed by atoms with E-state index in [1.807, 2.05) is 45.9 Å². The second-order valence-electron chi connectivity index (χ2n) is 4.53. The number of benzene rings is 1. The van der Waals surface area contributed by atoms with Crippen LogP contribution in [0.4, 0.5) is 0 Å². The number of hydrogen-bond acceptors (Lipinski definition) is 0. The van der Waals surface area contributed by atoms with Crippen LogP contribution in [0.5, 0.6) is 0 Å². The summed E-state index contributed by atoms with van der Waals surface area (Å²) in [6.45, 7) is 7.92. The van der Waals surface area contributed by atoms with Crippen molar-refractivity contribution in [2.45, 2.75) is 37.4 Å². The first-order chi connectivity index (χ1) is 6.21. The summed E-state index contributed by atoms with van der Waals surface area (Å²) in [5, 5.41) is 0. The molecule has 14 heavy (non-hydrogen) atoms. The van der Waals surface area contributed by atoms with Crippen LogP contribution in [-0.2, 0) is 9.75 Å². The second kappa shape index (κ2) is 3.75. The van der Waals surface area contributed by atoms with E-state index in [0.29, 0.717) is 0 Å². The molecule has 1 aromatic carbocycles. The Bertz CT molecular complexity index is 287. The largest absolute Gasteiger partial charge is 0.115 e. The Morgan fingerprint density at radius 3 is 1.50 bits per heavy atom. The van der Waals surface area contributed by atoms with Gasteiger partial charge in [-0.2, -0.15) is 0 Å². The van der Waals surface area contributed by atoms with E-state index in [-0.39, 0.29) is 9.75 Å². The Labute approximate surface area is 96.2 Å². The van der Waals surface area contributed by atoms with Crippen LogP contribution < -0.4 is 0 Å². The predicted octanol–water partition coefficient (Wildman–Crippen LogP) is 4.63. The monoisotopic (exact) mass is 230 g/mol. The van der Waals surface area contributed by atoms with E-state index in [1.165, 1.54) is 0 Å². The SMILES string of the molecule is CC(C)(Cl)c1cccc(C(C)(C)Cl)c1. The molecule has 0 amide bonds. The summed E-state index contributed by atoms with van der Waals surface area (Å²) in [5.41, 5.74) is 2.20. The van der Waals surface area contributed by atoms with Gasteiger partial charge >= 0.3 is 0 Å². The van der Waals surface area contributed by atoms with Crippen LogP contribution in [0.3, 0.4) is 0 Å². The van der Waals surface area contributed by atoms with Gasteiger partial charge in [0.15, 0.2) is 0 Å². The van der Waals surface area contributed by atoms with Gasteiger partial charge < -0.3 is 0 Å². The maximum Gasteiger partial charge on any atom is 0.0638 e. The zero-order valence-corrected chi connectivity index (χ0v) is 10.6. The van der Waals surface area contributed by atoms with Crippen LogP contribution >= 0.6 is 23.2 Å². The number of alkyl halides is 2. The van der Waals surface area contributed by atoms with Gasteiger partial charge in [-0.25, -0.2) is 0 Å². The van der Waals surface area contributed by atoms with E-state index in [2.05, 4.69) is 6.07 Å². The fraction of sp³-hybridized carbons (Fsp3) is 0.500. The topological polar surface area (TPSA) is 0 Å². The zero-order chi connectivity index (χ0) is 11.0. The lowest BCUT2D eigenvalue weighted by Gasteiger charge is -2.21. The van der Waals surface area contributed by atoms with Crippen molar-refractivity contribution < 1.29 is 0 Å². The molecule has 0 aliphatic rings.